The van der Waals surface area contributed by atoms with Gasteiger partial charge in [-0.1, -0.05) is 30.3 Å². The predicted octanol–water partition coefficient (Wildman–Crippen LogP) is -6.26. The molecule has 1 aromatic carbocycles. The molecular formula is C8H7ClNa2O3. The van der Waals surface area contributed by atoms with Gasteiger partial charge in [-0.2, -0.15) is 0 Å². The van der Waals surface area contributed by atoms with Crippen LogP contribution >= 0.6 is 11.6 Å². The van der Waals surface area contributed by atoms with Gasteiger partial charge in [-0.3, -0.25) is 0 Å². The molecule has 1 rings (SSSR count). The van der Waals surface area contributed by atoms with E-state index in [2.05, 4.69) is 11.6 Å². The fourth-order valence-electron chi connectivity index (χ4n) is 0.420. The van der Waals surface area contributed by atoms with Crippen LogP contribution in [0, 0.1) is 0 Å². The van der Waals surface area contributed by atoms with E-state index in [0.29, 0.717) is 0 Å². The number of hydrogen-bond donors (Lipinski definition) is 0. The maximum absolute atomic E-state index is 10.3. The zero-order chi connectivity index (χ0) is 9.40. The number of carbonyl (C=O) groups excluding carboxylic acids is 1. The van der Waals surface area contributed by atoms with E-state index in [1.165, 1.54) is 12.1 Å². The van der Waals surface area contributed by atoms with Crippen LogP contribution in [0.4, 0.5) is 0 Å². The molecule has 0 radical (unpaired) electrons. The van der Waals surface area contributed by atoms with Gasteiger partial charge < -0.3 is 15.0 Å². The third-order valence-electron chi connectivity index (χ3n) is 0.852. The van der Waals surface area contributed by atoms with Crippen molar-refractivity contribution in [2.24, 2.45) is 0 Å². The minimum absolute atomic E-state index is 0. The first-order valence-corrected chi connectivity index (χ1v) is 3.68. The van der Waals surface area contributed by atoms with E-state index in [1.807, 2.05) is 6.07 Å². The quantitative estimate of drug-likeness (QED) is 0.358. The number of carboxylic acid groups (broad SMARTS) is 1. The molecule has 66 valence electrons. The summed E-state index contributed by atoms with van der Waals surface area (Å²) in [6.07, 6.45) is 0. The first kappa shape index (κ1) is 20.2. The predicted molar refractivity (Wildman–Crippen MR) is 41.6 cm³/mol. The fourth-order valence-corrected chi connectivity index (χ4v) is 0.420. The Morgan fingerprint density at radius 2 is 1.57 bits per heavy atom. The molecule has 1 aromatic rings. The number of alkyl halides is 1. The topological polar surface area (TPSA) is 63.2 Å². The molecule has 0 bridgehead atoms. The first-order chi connectivity index (χ1) is 5.66. The molecule has 0 heterocycles. The molecule has 0 spiro atoms. The van der Waals surface area contributed by atoms with Crippen molar-refractivity contribution >= 4 is 17.6 Å². The Labute approximate surface area is 132 Å². The normalized spacial score (nSPS) is 6.93. The van der Waals surface area contributed by atoms with Gasteiger partial charge in [0.05, 0.1) is 11.8 Å². The molecule has 0 aliphatic heterocycles. The number of para-hydroxylation sites is 1. The summed E-state index contributed by atoms with van der Waals surface area (Å²) >= 11 is 4.67. The van der Waals surface area contributed by atoms with Crippen molar-refractivity contribution in [3.63, 3.8) is 0 Å². The van der Waals surface area contributed by atoms with E-state index in [1.54, 1.807) is 12.1 Å². The minimum atomic E-state index is -1.23. The summed E-state index contributed by atoms with van der Waals surface area (Å²) in [7, 11) is 0. The summed E-state index contributed by atoms with van der Waals surface area (Å²) < 4.78 is 0. The summed E-state index contributed by atoms with van der Waals surface area (Å²) in [6, 6.07) is 8.33. The second-order valence-electron chi connectivity index (χ2n) is 1.82. The van der Waals surface area contributed by atoms with E-state index in [9.17, 15) is 5.11 Å². The van der Waals surface area contributed by atoms with E-state index in [-0.39, 0.29) is 64.9 Å². The van der Waals surface area contributed by atoms with Crippen molar-refractivity contribution in [3.8, 4) is 5.75 Å². The molecule has 0 amide bonds. The number of halogens is 1. The minimum Gasteiger partial charge on any atom is -0.872 e. The molecular weight excluding hydrogens is 226 g/mol. The molecule has 0 N–H and O–H groups in total. The third-order valence-corrected chi connectivity index (χ3v) is 1.07. The van der Waals surface area contributed by atoms with Gasteiger partial charge in [0.2, 0.25) is 0 Å². The Bertz CT molecular complexity index is 231. The average Bonchev–Trinajstić information content (AvgIpc) is 2.07. The maximum Gasteiger partial charge on any atom is 1.00 e. The van der Waals surface area contributed by atoms with Gasteiger partial charge in [0, 0.05) is 0 Å². The van der Waals surface area contributed by atoms with Crippen molar-refractivity contribution in [2.75, 3.05) is 5.88 Å². The van der Waals surface area contributed by atoms with E-state index < -0.39 is 11.8 Å². The number of rotatable bonds is 1. The second-order valence-corrected chi connectivity index (χ2v) is 2.09. The van der Waals surface area contributed by atoms with Crippen molar-refractivity contribution in [3.05, 3.63) is 30.3 Å². The van der Waals surface area contributed by atoms with E-state index >= 15 is 0 Å². The number of carbonyl (C=O) groups is 1. The summed E-state index contributed by atoms with van der Waals surface area (Å²) in [5.74, 6) is -1.57. The average molecular weight is 233 g/mol. The molecule has 6 heteroatoms. The smallest absolute Gasteiger partial charge is 0.872 e. The van der Waals surface area contributed by atoms with Crippen LogP contribution in [0.2, 0.25) is 0 Å². The summed E-state index contributed by atoms with van der Waals surface area (Å²) in [5.41, 5.74) is 0. The van der Waals surface area contributed by atoms with Gasteiger partial charge in [-0.15, -0.1) is 17.4 Å². The van der Waals surface area contributed by atoms with Crippen LogP contribution in [0.25, 0.3) is 0 Å². The SMILES string of the molecule is O=C([O-])CCl.[Na+].[Na+].[O-]c1ccccc1. The van der Waals surface area contributed by atoms with Crippen LogP contribution in [0.3, 0.4) is 0 Å². The zero-order valence-corrected chi connectivity index (χ0v) is 13.0. The van der Waals surface area contributed by atoms with Gasteiger partial charge in [-0.05, 0) is 0 Å². The molecule has 0 saturated heterocycles. The molecule has 0 fully saturated rings. The van der Waals surface area contributed by atoms with Gasteiger partial charge in [0.15, 0.2) is 0 Å². The Hall–Kier alpha value is 0.780. The molecule has 0 aliphatic carbocycles. The van der Waals surface area contributed by atoms with Crippen LogP contribution < -0.4 is 69.3 Å². The van der Waals surface area contributed by atoms with Crippen molar-refractivity contribution in [1.29, 1.82) is 0 Å². The molecule has 3 nitrogen and oxygen atoms in total. The van der Waals surface area contributed by atoms with E-state index in [0.717, 1.165) is 0 Å². The Morgan fingerprint density at radius 3 is 1.71 bits per heavy atom. The maximum atomic E-state index is 10.3. The van der Waals surface area contributed by atoms with Crippen molar-refractivity contribution in [1.82, 2.24) is 0 Å². The zero-order valence-electron chi connectivity index (χ0n) is 8.20. The van der Waals surface area contributed by atoms with Crippen molar-refractivity contribution in [2.45, 2.75) is 0 Å². The van der Waals surface area contributed by atoms with Gasteiger partial charge in [0.25, 0.3) is 0 Å². The van der Waals surface area contributed by atoms with Crippen LogP contribution in [-0.4, -0.2) is 11.8 Å². The van der Waals surface area contributed by atoms with Gasteiger partial charge >= 0.3 is 59.1 Å². The second kappa shape index (κ2) is 13.8. The third kappa shape index (κ3) is 15.3. The fraction of sp³-hybridized carbons (Fsp3) is 0.125. The van der Waals surface area contributed by atoms with Crippen LogP contribution in [-0.2, 0) is 4.79 Å². The number of benzene rings is 1. The Balaban J connectivity index is -0.000000159. The van der Waals surface area contributed by atoms with E-state index in [4.69, 9.17) is 9.90 Å². The summed E-state index contributed by atoms with van der Waals surface area (Å²) in [6.45, 7) is 0. The molecule has 0 atom stereocenters. The molecule has 0 saturated carbocycles. The first-order valence-electron chi connectivity index (χ1n) is 3.14. The number of hydrogen-bond acceptors (Lipinski definition) is 3. The Kier molecular flexibility index (Phi) is 19.9. The summed E-state index contributed by atoms with van der Waals surface area (Å²) in [4.78, 5) is 9.12. The van der Waals surface area contributed by atoms with Crippen LogP contribution in [0.1, 0.15) is 0 Å². The van der Waals surface area contributed by atoms with Crippen LogP contribution in [0.15, 0.2) is 30.3 Å². The molecule has 0 unspecified atom stereocenters. The monoisotopic (exact) mass is 232 g/mol. The standard InChI is InChI=1S/C6H6O.C2H3ClO2.2Na/c7-6-4-2-1-3-5-6;3-1-2(4)5;;/h1-5,7H;1H2,(H,4,5);;/q;;2*+1/p-2. The summed E-state index contributed by atoms with van der Waals surface area (Å²) in [5, 5.41) is 19.4. The molecule has 0 aromatic heterocycles. The molecule has 0 aliphatic rings. The Morgan fingerprint density at radius 1 is 1.21 bits per heavy atom. The molecule has 14 heavy (non-hydrogen) atoms. The van der Waals surface area contributed by atoms with Crippen LogP contribution in [0.5, 0.6) is 5.75 Å². The van der Waals surface area contributed by atoms with Crippen molar-refractivity contribution < 1.29 is 74.1 Å². The van der Waals surface area contributed by atoms with Gasteiger partial charge in [-0.25, -0.2) is 0 Å². The number of carboxylic acids is 1. The van der Waals surface area contributed by atoms with Gasteiger partial charge in [0.1, 0.15) is 0 Å². The largest absolute Gasteiger partial charge is 1.00 e. The number of aliphatic carboxylic acids is 1.